The minimum atomic E-state index is 0.00185. The van der Waals surface area contributed by atoms with Crippen LogP contribution in [0, 0.1) is 0 Å². The summed E-state index contributed by atoms with van der Waals surface area (Å²) in [7, 11) is 0. The summed E-state index contributed by atoms with van der Waals surface area (Å²) >= 11 is 3.17. The van der Waals surface area contributed by atoms with Gasteiger partial charge in [0.1, 0.15) is 5.76 Å². The quantitative estimate of drug-likeness (QED) is 0.880. The summed E-state index contributed by atoms with van der Waals surface area (Å²) in [6, 6.07) is 3.67. The summed E-state index contributed by atoms with van der Waals surface area (Å²) in [5.41, 5.74) is 0. The van der Waals surface area contributed by atoms with Crippen molar-refractivity contribution in [2.45, 2.75) is 12.8 Å². The molecule has 0 aliphatic heterocycles. The lowest BCUT2D eigenvalue weighted by atomic mass is 10.2. The number of hydrogen-bond donors (Lipinski definition) is 1. The Morgan fingerprint density at radius 1 is 1.64 bits per heavy atom. The van der Waals surface area contributed by atoms with E-state index in [1.807, 2.05) is 12.1 Å². The molecule has 1 aromatic heterocycles. The third-order valence-electron chi connectivity index (χ3n) is 1.66. The van der Waals surface area contributed by atoms with E-state index in [1.165, 1.54) is 0 Å². The molecule has 1 amide bonds. The second-order valence-corrected chi connectivity index (χ2v) is 3.99. The SMILES string of the molecule is C=C(Br)CNC(=O)CCc1ccco1. The normalized spacial score (nSPS) is 9.79. The van der Waals surface area contributed by atoms with Crippen LogP contribution in [-0.4, -0.2) is 12.5 Å². The van der Waals surface area contributed by atoms with Crippen LogP contribution < -0.4 is 5.32 Å². The zero-order chi connectivity index (χ0) is 10.4. The van der Waals surface area contributed by atoms with Crippen LogP contribution in [0.25, 0.3) is 0 Å². The molecule has 0 spiro atoms. The van der Waals surface area contributed by atoms with Crippen LogP contribution in [0.3, 0.4) is 0 Å². The molecule has 1 N–H and O–H groups in total. The number of rotatable bonds is 5. The van der Waals surface area contributed by atoms with Crippen molar-refractivity contribution in [1.29, 1.82) is 0 Å². The molecule has 0 aliphatic rings. The summed E-state index contributed by atoms with van der Waals surface area (Å²) in [4.78, 5) is 11.2. The van der Waals surface area contributed by atoms with E-state index in [0.717, 1.165) is 10.2 Å². The molecule has 0 aromatic carbocycles. The fourth-order valence-corrected chi connectivity index (χ4v) is 1.11. The fraction of sp³-hybridized carbons (Fsp3) is 0.300. The first-order valence-electron chi connectivity index (χ1n) is 4.31. The van der Waals surface area contributed by atoms with Crippen LogP contribution in [0.15, 0.2) is 33.9 Å². The van der Waals surface area contributed by atoms with E-state index in [9.17, 15) is 4.79 Å². The van der Waals surface area contributed by atoms with Gasteiger partial charge in [-0.1, -0.05) is 22.5 Å². The van der Waals surface area contributed by atoms with Crippen molar-refractivity contribution in [2.75, 3.05) is 6.54 Å². The molecule has 3 nitrogen and oxygen atoms in total. The van der Waals surface area contributed by atoms with Gasteiger partial charge in [0.15, 0.2) is 0 Å². The molecule has 1 aromatic rings. The molecule has 1 rings (SSSR count). The second-order valence-electron chi connectivity index (χ2n) is 2.87. The second kappa shape index (κ2) is 5.65. The zero-order valence-electron chi connectivity index (χ0n) is 7.75. The largest absolute Gasteiger partial charge is 0.469 e. The predicted octanol–water partition coefficient (Wildman–Crippen LogP) is 2.24. The molecule has 0 fully saturated rings. The van der Waals surface area contributed by atoms with E-state index in [-0.39, 0.29) is 5.91 Å². The molecule has 14 heavy (non-hydrogen) atoms. The molecule has 1 heterocycles. The first kappa shape index (κ1) is 11.0. The van der Waals surface area contributed by atoms with Crippen LogP contribution in [0.5, 0.6) is 0 Å². The Morgan fingerprint density at radius 3 is 3.00 bits per heavy atom. The van der Waals surface area contributed by atoms with E-state index in [2.05, 4.69) is 27.8 Å². The third-order valence-corrected chi connectivity index (χ3v) is 1.94. The molecule has 4 heteroatoms. The van der Waals surface area contributed by atoms with Gasteiger partial charge in [0.05, 0.1) is 6.26 Å². The number of aryl methyl sites for hydroxylation is 1. The lowest BCUT2D eigenvalue weighted by Crippen LogP contribution is -2.24. The highest BCUT2D eigenvalue weighted by Crippen LogP contribution is 2.03. The van der Waals surface area contributed by atoms with Gasteiger partial charge >= 0.3 is 0 Å². The van der Waals surface area contributed by atoms with E-state index in [4.69, 9.17) is 4.42 Å². The van der Waals surface area contributed by atoms with Crippen LogP contribution in [0.2, 0.25) is 0 Å². The van der Waals surface area contributed by atoms with Gasteiger partial charge in [-0.15, -0.1) is 0 Å². The van der Waals surface area contributed by atoms with E-state index < -0.39 is 0 Å². The van der Waals surface area contributed by atoms with Gasteiger partial charge in [-0.05, 0) is 12.1 Å². The summed E-state index contributed by atoms with van der Waals surface area (Å²) in [5, 5.41) is 2.72. The summed E-state index contributed by atoms with van der Waals surface area (Å²) in [6.07, 6.45) is 2.68. The Balaban J connectivity index is 2.18. The van der Waals surface area contributed by atoms with Gasteiger partial charge in [0.2, 0.25) is 5.91 Å². The average Bonchev–Trinajstić information content (AvgIpc) is 2.63. The standard InChI is InChI=1S/C10H12BrNO2/c1-8(11)7-12-10(13)5-4-9-3-2-6-14-9/h2-3,6H,1,4-5,7H2,(H,12,13). The van der Waals surface area contributed by atoms with Crippen molar-refractivity contribution in [3.05, 3.63) is 35.2 Å². The first-order valence-corrected chi connectivity index (χ1v) is 5.10. The number of halogens is 1. The Labute approximate surface area is 91.3 Å². The molecular formula is C10H12BrNO2. The van der Waals surface area contributed by atoms with E-state index >= 15 is 0 Å². The number of nitrogens with one attached hydrogen (secondary N) is 1. The minimum absolute atomic E-state index is 0.00185. The maximum absolute atomic E-state index is 11.2. The predicted molar refractivity (Wildman–Crippen MR) is 58.1 cm³/mol. The maximum atomic E-state index is 11.2. The van der Waals surface area contributed by atoms with Crippen molar-refractivity contribution in [3.8, 4) is 0 Å². The number of hydrogen-bond acceptors (Lipinski definition) is 2. The monoisotopic (exact) mass is 257 g/mol. The highest BCUT2D eigenvalue weighted by atomic mass is 79.9. The number of carbonyl (C=O) groups is 1. The van der Waals surface area contributed by atoms with Gasteiger partial charge in [0, 0.05) is 23.9 Å². The third kappa shape index (κ3) is 4.28. The van der Waals surface area contributed by atoms with Gasteiger partial charge < -0.3 is 9.73 Å². The van der Waals surface area contributed by atoms with Gasteiger partial charge in [-0.2, -0.15) is 0 Å². The molecule has 0 unspecified atom stereocenters. The van der Waals surface area contributed by atoms with Crippen molar-refractivity contribution in [3.63, 3.8) is 0 Å². The highest BCUT2D eigenvalue weighted by Gasteiger charge is 2.03. The zero-order valence-corrected chi connectivity index (χ0v) is 9.34. The smallest absolute Gasteiger partial charge is 0.220 e. The molecule has 0 aliphatic carbocycles. The molecule has 0 radical (unpaired) electrons. The lowest BCUT2D eigenvalue weighted by molar-refractivity contribution is -0.120. The van der Waals surface area contributed by atoms with Crippen molar-refractivity contribution in [2.24, 2.45) is 0 Å². The topological polar surface area (TPSA) is 42.2 Å². The molecule has 76 valence electrons. The van der Waals surface area contributed by atoms with Crippen LogP contribution in [0.4, 0.5) is 0 Å². The Bertz CT molecular complexity index is 306. The van der Waals surface area contributed by atoms with Gasteiger partial charge in [0.25, 0.3) is 0 Å². The van der Waals surface area contributed by atoms with Crippen molar-refractivity contribution in [1.82, 2.24) is 5.32 Å². The molecule has 0 bridgehead atoms. The molecule has 0 atom stereocenters. The van der Waals surface area contributed by atoms with E-state index in [0.29, 0.717) is 19.4 Å². The van der Waals surface area contributed by atoms with Crippen LogP contribution in [0.1, 0.15) is 12.2 Å². The van der Waals surface area contributed by atoms with E-state index in [1.54, 1.807) is 6.26 Å². The maximum Gasteiger partial charge on any atom is 0.220 e. The Kier molecular flexibility index (Phi) is 4.46. The fourth-order valence-electron chi connectivity index (χ4n) is 0.974. The number of amides is 1. The Morgan fingerprint density at radius 2 is 2.43 bits per heavy atom. The number of furan rings is 1. The lowest BCUT2D eigenvalue weighted by Gasteiger charge is -2.02. The van der Waals surface area contributed by atoms with Crippen LogP contribution >= 0.6 is 15.9 Å². The molecule has 0 saturated carbocycles. The highest BCUT2D eigenvalue weighted by molar-refractivity contribution is 9.11. The Hall–Kier alpha value is -1.03. The summed E-state index contributed by atoms with van der Waals surface area (Å²) < 4.78 is 5.87. The molecular weight excluding hydrogens is 246 g/mol. The minimum Gasteiger partial charge on any atom is -0.469 e. The van der Waals surface area contributed by atoms with Gasteiger partial charge in [-0.3, -0.25) is 4.79 Å². The van der Waals surface area contributed by atoms with Crippen molar-refractivity contribution >= 4 is 21.8 Å². The van der Waals surface area contributed by atoms with Crippen LogP contribution in [-0.2, 0) is 11.2 Å². The number of carbonyl (C=O) groups excluding carboxylic acids is 1. The summed E-state index contributed by atoms with van der Waals surface area (Å²) in [6.45, 7) is 4.09. The average molecular weight is 258 g/mol. The van der Waals surface area contributed by atoms with Gasteiger partial charge in [-0.25, -0.2) is 0 Å². The van der Waals surface area contributed by atoms with Crippen molar-refractivity contribution < 1.29 is 9.21 Å². The molecule has 0 saturated heterocycles. The first-order chi connectivity index (χ1) is 6.68. The summed E-state index contributed by atoms with van der Waals surface area (Å²) in [5.74, 6) is 0.833.